The van der Waals surface area contributed by atoms with Crippen LogP contribution in [0.1, 0.15) is 0 Å². The van der Waals surface area contributed by atoms with Crippen molar-refractivity contribution in [2.24, 2.45) is 0 Å². The Bertz CT molecular complexity index is 1680. The van der Waals surface area contributed by atoms with Gasteiger partial charge in [0.2, 0.25) is 0 Å². The van der Waals surface area contributed by atoms with E-state index in [9.17, 15) is 5.11 Å². The molecule has 0 saturated heterocycles. The normalized spacial score (nSPS) is 11.0. The third-order valence-electron chi connectivity index (χ3n) is 5.96. The molecule has 0 unspecified atom stereocenters. The predicted molar refractivity (Wildman–Crippen MR) is 146 cm³/mol. The highest BCUT2D eigenvalue weighted by atomic mass is 32.2. The second-order valence-electron chi connectivity index (χ2n) is 8.30. The molecule has 0 radical (unpaired) electrons. The highest BCUT2D eigenvalue weighted by molar-refractivity contribution is 7.99. The third kappa shape index (κ3) is 4.32. The van der Waals surface area contributed by atoms with Gasteiger partial charge in [0.15, 0.2) is 0 Å². The van der Waals surface area contributed by atoms with E-state index in [2.05, 4.69) is 29.2 Å². The van der Waals surface area contributed by atoms with Gasteiger partial charge in [-0.2, -0.15) is 0 Å². The van der Waals surface area contributed by atoms with Crippen LogP contribution in [-0.4, -0.2) is 20.1 Å². The summed E-state index contributed by atoms with van der Waals surface area (Å²) in [6.45, 7) is 0. The monoisotopic (exact) mass is 483 g/mol. The zero-order valence-electron chi connectivity index (χ0n) is 19.2. The van der Waals surface area contributed by atoms with E-state index in [0.29, 0.717) is 11.3 Å². The Hall–Kier alpha value is -4.48. The molecule has 4 nitrogen and oxygen atoms in total. The zero-order chi connectivity index (χ0) is 24.3. The van der Waals surface area contributed by atoms with Gasteiger partial charge in [-0.05, 0) is 35.7 Å². The average Bonchev–Trinajstić information content (AvgIpc) is 2.94. The molecule has 0 aliphatic heterocycles. The number of nitrogens with zero attached hydrogens (tertiary/aromatic N) is 3. The largest absolute Gasteiger partial charge is 0.507 e. The number of phenols is 1. The molecular weight excluding hydrogens is 462 g/mol. The lowest BCUT2D eigenvalue weighted by atomic mass is 10.0. The minimum Gasteiger partial charge on any atom is -0.507 e. The zero-order valence-corrected chi connectivity index (χ0v) is 20.1. The van der Waals surface area contributed by atoms with Gasteiger partial charge < -0.3 is 5.11 Å². The molecule has 6 aromatic rings. The first-order chi connectivity index (χ1) is 17.8. The standard InChI is InChI=1S/C31H21N3OS/c35-28-16-7-6-15-26(28)30-29(22-10-2-1-3-11-22)33-20-27(34-30)23-12-8-13-24(19-23)36-31-25-14-5-4-9-21(25)17-18-32-31/h1-20,35H. The molecule has 0 bridgehead atoms. The van der Waals surface area contributed by atoms with E-state index in [1.54, 1.807) is 30.1 Å². The van der Waals surface area contributed by atoms with Crippen LogP contribution in [0.5, 0.6) is 5.75 Å². The number of aromatic nitrogens is 3. The van der Waals surface area contributed by atoms with E-state index >= 15 is 0 Å². The molecule has 172 valence electrons. The van der Waals surface area contributed by atoms with E-state index in [1.165, 1.54) is 5.39 Å². The number of pyridine rings is 1. The molecule has 36 heavy (non-hydrogen) atoms. The van der Waals surface area contributed by atoms with Crippen LogP contribution in [0.4, 0.5) is 0 Å². The van der Waals surface area contributed by atoms with Gasteiger partial charge >= 0.3 is 0 Å². The summed E-state index contributed by atoms with van der Waals surface area (Å²) < 4.78 is 0. The van der Waals surface area contributed by atoms with Gasteiger partial charge in [-0.25, -0.2) is 9.97 Å². The van der Waals surface area contributed by atoms with Crippen LogP contribution < -0.4 is 0 Å². The number of hydrogen-bond acceptors (Lipinski definition) is 5. The van der Waals surface area contributed by atoms with Gasteiger partial charge in [0, 0.05) is 33.2 Å². The van der Waals surface area contributed by atoms with Gasteiger partial charge in [0.1, 0.15) is 16.5 Å². The van der Waals surface area contributed by atoms with Crippen molar-refractivity contribution in [2.75, 3.05) is 0 Å². The maximum Gasteiger partial charge on any atom is 0.125 e. The van der Waals surface area contributed by atoms with Crippen LogP contribution in [-0.2, 0) is 0 Å². The number of fused-ring (bicyclic) bond motifs is 1. The van der Waals surface area contributed by atoms with Crippen LogP contribution in [0, 0.1) is 0 Å². The van der Waals surface area contributed by atoms with Crippen molar-refractivity contribution in [1.29, 1.82) is 0 Å². The lowest BCUT2D eigenvalue weighted by Gasteiger charge is -2.12. The Kier molecular flexibility index (Phi) is 5.90. The van der Waals surface area contributed by atoms with Crippen molar-refractivity contribution in [1.82, 2.24) is 15.0 Å². The van der Waals surface area contributed by atoms with Crippen molar-refractivity contribution in [3.8, 4) is 39.5 Å². The highest BCUT2D eigenvalue weighted by Crippen LogP contribution is 2.37. The van der Waals surface area contributed by atoms with Crippen LogP contribution in [0.25, 0.3) is 44.5 Å². The Morgan fingerprint density at radius 2 is 1.42 bits per heavy atom. The smallest absolute Gasteiger partial charge is 0.125 e. The Morgan fingerprint density at radius 1 is 0.639 bits per heavy atom. The number of benzene rings is 4. The topological polar surface area (TPSA) is 58.9 Å². The molecule has 0 amide bonds. The van der Waals surface area contributed by atoms with Gasteiger partial charge in [-0.1, -0.05) is 90.6 Å². The van der Waals surface area contributed by atoms with E-state index < -0.39 is 0 Å². The first kappa shape index (κ1) is 22.0. The van der Waals surface area contributed by atoms with Crippen molar-refractivity contribution >= 4 is 22.5 Å². The molecule has 2 heterocycles. The van der Waals surface area contributed by atoms with E-state index in [-0.39, 0.29) is 5.75 Å². The fourth-order valence-electron chi connectivity index (χ4n) is 4.20. The molecule has 2 aromatic heterocycles. The maximum absolute atomic E-state index is 10.6. The van der Waals surface area contributed by atoms with Gasteiger partial charge in [0.05, 0.1) is 17.6 Å². The van der Waals surface area contributed by atoms with Crippen LogP contribution >= 0.6 is 11.8 Å². The van der Waals surface area contributed by atoms with E-state index in [1.807, 2.05) is 79.0 Å². The number of hydrogen-bond donors (Lipinski definition) is 1. The van der Waals surface area contributed by atoms with Crippen LogP contribution in [0.2, 0.25) is 0 Å². The number of para-hydroxylation sites is 1. The maximum atomic E-state index is 10.6. The fraction of sp³-hybridized carbons (Fsp3) is 0. The molecule has 0 aliphatic rings. The van der Waals surface area contributed by atoms with Gasteiger partial charge in [-0.15, -0.1) is 0 Å². The molecule has 0 fully saturated rings. The molecule has 0 atom stereocenters. The lowest BCUT2D eigenvalue weighted by molar-refractivity contribution is 0.477. The first-order valence-corrected chi connectivity index (χ1v) is 12.4. The summed E-state index contributed by atoms with van der Waals surface area (Å²) in [5.41, 5.74) is 4.65. The fourth-order valence-corrected chi connectivity index (χ4v) is 5.17. The van der Waals surface area contributed by atoms with Crippen molar-refractivity contribution in [2.45, 2.75) is 9.92 Å². The third-order valence-corrected chi connectivity index (χ3v) is 6.97. The molecule has 0 spiro atoms. The van der Waals surface area contributed by atoms with E-state index in [4.69, 9.17) is 9.97 Å². The Balaban J connectivity index is 1.43. The SMILES string of the molecule is Oc1ccccc1-c1nc(-c2cccc(Sc3nccc4ccccc34)c2)cnc1-c1ccccc1. The van der Waals surface area contributed by atoms with Gasteiger partial charge in [0.25, 0.3) is 0 Å². The van der Waals surface area contributed by atoms with E-state index in [0.717, 1.165) is 37.8 Å². The number of rotatable bonds is 5. The molecule has 5 heteroatoms. The van der Waals surface area contributed by atoms with Crippen molar-refractivity contribution in [3.05, 3.63) is 122 Å². The van der Waals surface area contributed by atoms with Crippen molar-refractivity contribution in [3.63, 3.8) is 0 Å². The minimum atomic E-state index is 0.174. The molecule has 6 rings (SSSR count). The minimum absolute atomic E-state index is 0.174. The summed E-state index contributed by atoms with van der Waals surface area (Å²) in [6, 6.07) is 35.7. The Labute approximate surface area is 213 Å². The number of aromatic hydroxyl groups is 1. The summed E-state index contributed by atoms with van der Waals surface area (Å²) in [7, 11) is 0. The first-order valence-electron chi connectivity index (χ1n) is 11.6. The van der Waals surface area contributed by atoms with Crippen LogP contribution in [0.15, 0.2) is 132 Å². The second-order valence-corrected chi connectivity index (χ2v) is 9.36. The molecular formula is C31H21N3OS. The Morgan fingerprint density at radius 3 is 2.31 bits per heavy atom. The summed E-state index contributed by atoms with van der Waals surface area (Å²) in [4.78, 5) is 15.5. The lowest BCUT2D eigenvalue weighted by Crippen LogP contribution is -1.96. The molecule has 1 N–H and O–H groups in total. The second kappa shape index (κ2) is 9.64. The average molecular weight is 484 g/mol. The molecule has 0 aliphatic carbocycles. The summed E-state index contributed by atoms with van der Waals surface area (Å²) in [6.07, 6.45) is 3.65. The van der Waals surface area contributed by atoms with Crippen molar-refractivity contribution < 1.29 is 5.11 Å². The quantitative estimate of drug-likeness (QED) is 0.270. The number of phenolic OH excluding ortho intramolecular Hbond substituents is 1. The van der Waals surface area contributed by atoms with Gasteiger partial charge in [-0.3, -0.25) is 4.98 Å². The van der Waals surface area contributed by atoms with Crippen LogP contribution in [0.3, 0.4) is 0 Å². The summed E-state index contributed by atoms with van der Waals surface area (Å²) in [5, 5.41) is 13.9. The highest BCUT2D eigenvalue weighted by Gasteiger charge is 2.16. The predicted octanol–water partition coefficient (Wildman–Crippen LogP) is 7.88. The summed E-state index contributed by atoms with van der Waals surface area (Å²) >= 11 is 1.63. The molecule has 0 saturated carbocycles. The summed E-state index contributed by atoms with van der Waals surface area (Å²) in [5.74, 6) is 0.174. The molecule has 4 aromatic carbocycles.